The van der Waals surface area contributed by atoms with Gasteiger partial charge in [0.25, 0.3) is 0 Å². The van der Waals surface area contributed by atoms with Gasteiger partial charge in [-0.3, -0.25) is 0 Å². The molecule has 0 saturated heterocycles. The van der Waals surface area contributed by atoms with E-state index in [2.05, 4.69) is 46.7 Å². The van der Waals surface area contributed by atoms with Gasteiger partial charge in [-0.05, 0) is 27.1 Å². The molecule has 0 heterocycles. The number of carbonyl (C=O) groups excluding carboxylic acids is 1. The second-order valence-corrected chi connectivity index (χ2v) is 15.7. The zero-order valence-corrected chi connectivity index (χ0v) is 28.1. The van der Waals surface area contributed by atoms with Crippen molar-refractivity contribution in [3.8, 4) is 0 Å². The van der Waals surface area contributed by atoms with Crippen LogP contribution in [0.15, 0.2) is 152 Å². The lowest BCUT2D eigenvalue weighted by atomic mass is 10.1. The fourth-order valence-corrected chi connectivity index (χ4v) is 9.51. The van der Waals surface area contributed by atoms with E-state index >= 15 is 4.79 Å². The molecule has 6 heteroatoms. The van der Waals surface area contributed by atoms with Gasteiger partial charge in [-0.1, -0.05) is 174 Å². The van der Waals surface area contributed by atoms with Crippen LogP contribution in [0.5, 0.6) is 0 Å². The number of rotatable bonds is 16. The van der Waals surface area contributed by atoms with Crippen LogP contribution in [0.25, 0.3) is 0 Å². The van der Waals surface area contributed by atoms with E-state index in [9.17, 15) is 0 Å². The molecule has 0 N–H and O–H groups in total. The first-order chi connectivity index (χ1) is 22.1. The number of carbonyl (C=O) groups is 1. The largest absolute Gasteiger partial charge is 0.370 e. The highest BCUT2D eigenvalue weighted by Gasteiger charge is 2.48. The second-order valence-electron chi connectivity index (χ2n) is 11.2. The quantitative estimate of drug-likeness (QED) is 0.0822. The van der Waals surface area contributed by atoms with E-state index in [-0.39, 0.29) is 12.0 Å². The van der Waals surface area contributed by atoms with Gasteiger partial charge in [0.1, 0.15) is 12.2 Å². The standard InChI is InChI=1S/C39H39BrO4Si/c1-45(34-23-13-5-14-24-34,35-25-15-6-16-26-35)39(41)38(44-30-33-21-11-4-12-22-33)37(43-29-32-19-9-3-10-20-32)36(27-40)42-28-31-17-7-2-8-18-31/h2-26,36-38H,27-30H2,1H3/t36-,37+,38+/m1/s1. The summed E-state index contributed by atoms with van der Waals surface area (Å²) in [5.41, 5.74) is 3.05. The van der Waals surface area contributed by atoms with Gasteiger partial charge in [0.2, 0.25) is 0 Å². The molecule has 0 aromatic heterocycles. The molecule has 45 heavy (non-hydrogen) atoms. The summed E-state index contributed by atoms with van der Waals surface area (Å²) in [6.07, 6.45) is -2.06. The van der Waals surface area contributed by atoms with Gasteiger partial charge in [-0.25, -0.2) is 0 Å². The zero-order valence-electron chi connectivity index (χ0n) is 25.5. The van der Waals surface area contributed by atoms with Gasteiger partial charge >= 0.3 is 0 Å². The number of hydrogen-bond donors (Lipinski definition) is 0. The molecule has 0 radical (unpaired) electrons. The molecule has 0 aliphatic carbocycles. The Labute approximate surface area is 276 Å². The molecule has 5 aromatic carbocycles. The van der Waals surface area contributed by atoms with Crippen LogP contribution in [0.1, 0.15) is 16.7 Å². The van der Waals surface area contributed by atoms with Gasteiger partial charge in [-0.15, -0.1) is 0 Å². The number of hydrogen-bond acceptors (Lipinski definition) is 4. The minimum Gasteiger partial charge on any atom is -0.370 e. The molecule has 0 aliphatic rings. The van der Waals surface area contributed by atoms with E-state index < -0.39 is 26.4 Å². The van der Waals surface area contributed by atoms with E-state index in [0.29, 0.717) is 18.5 Å². The molecule has 230 valence electrons. The monoisotopic (exact) mass is 678 g/mol. The zero-order chi connectivity index (χ0) is 31.3. The van der Waals surface area contributed by atoms with Crippen LogP contribution in [0.2, 0.25) is 6.55 Å². The first-order valence-corrected chi connectivity index (χ1v) is 18.9. The van der Waals surface area contributed by atoms with Crippen molar-refractivity contribution >= 4 is 39.8 Å². The first kappa shape index (κ1) is 32.7. The number of ether oxygens (including phenoxy) is 3. The Balaban J connectivity index is 1.57. The topological polar surface area (TPSA) is 44.8 Å². The number of alkyl halides is 1. The summed E-state index contributed by atoms with van der Waals surface area (Å²) in [7, 11) is -3.04. The van der Waals surface area contributed by atoms with Crippen molar-refractivity contribution in [2.45, 2.75) is 44.7 Å². The molecule has 4 nitrogen and oxygen atoms in total. The Morgan fingerprint density at radius 2 is 0.911 bits per heavy atom. The lowest BCUT2D eigenvalue weighted by molar-refractivity contribution is -0.158. The Kier molecular flexibility index (Phi) is 12.1. The van der Waals surface area contributed by atoms with Gasteiger partial charge in [0, 0.05) is 5.33 Å². The Morgan fingerprint density at radius 3 is 1.31 bits per heavy atom. The van der Waals surface area contributed by atoms with Gasteiger partial charge in [0.05, 0.1) is 25.9 Å². The molecule has 0 fully saturated rings. The minimum atomic E-state index is -3.04. The normalized spacial score (nSPS) is 13.6. The van der Waals surface area contributed by atoms with Crippen LogP contribution in [0.3, 0.4) is 0 Å². The molecule has 5 rings (SSSR count). The maximum absolute atomic E-state index is 15.3. The molecule has 0 spiro atoms. The maximum Gasteiger partial charge on any atom is 0.194 e. The van der Waals surface area contributed by atoms with Crippen LogP contribution in [0.4, 0.5) is 0 Å². The summed E-state index contributed by atoms with van der Waals surface area (Å²) in [5.74, 6) is 0. The van der Waals surface area contributed by atoms with Crippen molar-refractivity contribution in [3.63, 3.8) is 0 Å². The van der Waals surface area contributed by atoms with Crippen molar-refractivity contribution in [2.75, 3.05) is 5.33 Å². The fraction of sp³-hybridized carbons (Fsp3) is 0.205. The predicted octanol–water partition coefficient (Wildman–Crippen LogP) is 7.14. The van der Waals surface area contributed by atoms with Crippen LogP contribution in [-0.2, 0) is 38.8 Å². The van der Waals surface area contributed by atoms with Gasteiger partial charge in [-0.2, -0.15) is 0 Å². The van der Waals surface area contributed by atoms with E-state index in [1.807, 2.05) is 127 Å². The summed E-state index contributed by atoms with van der Waals surface area (Å²) in [5, 5.41) is 2.56. The molecule has 3 atom stereocenters. The minimum absolute atomic E-state index is 0.0446. The Bertz CT molecular complexity index is 1530. The smallest absolute Gasteiger partial charge is 0.194 e. The van der Waals surface area contributed by atoms with Crippen LogP contribution in [0, 0.1) is 0 Å². The maximum atomic E-state index is 15.3. The molecule has 0 bridgehead atoms. The lowest BCUT2D eigenvalue weighted by Gasteiger charge is -2.37. The number of halogens is 1. The third-order valence-electron chi connectivity index (χ3n) is 8.13. The van der Waals surface area contributed by atoms with Crippen molar-refractivity contribution in [1.82, 2.24) is 0 Å². The Hall–Kier alpha value is -3.65. The highest BCUT2D eigenvalue weighted by Crippen LogP contribution is 2.24. The molecule has 0 saturated carbocycles. The average Bonchev–Trinajstić information content (AvgIpc) is 3.12. The summed E-state index contributed by atoms with van der Waals surface area (Å²) >= 11 is 3.71. The second kappa shape index (κ2) is 16.6. The first-order valence-electron chi connectivity index (χ1n) is 15.3. The van der Waals surface area contributed by atoms with Crippen molar-refractivity contribution < 1.29 is 19.0 Å². The van der Waals surface area contributed by atoms with Crippen molar-refractivity contribution in [3.05, 3.63) is 168 Å². The van der Waals surface area contributed by atoms with Crippen molar-refractivity contribution in [2.24, 2.45) is 0 Å². The van der Waals surface area contributed by atoms with E-state index in [1.165, 1.54) is 0 Å². The summed E-state index contributed by atoms with van der Waals surface area (Å²) < 4.78 is 20.0. The third kappa shape index (κ3) is 8.54. The highest BCUT2D eigenvalue weighted by molar-refractivity contribution is 9.09. The van der Waals surface area contributed by atoms with E-state index in [4.69, 9.17) is 14.2 Å². The molecular formula is C39H39BrO4Si. The van der Waals surface area contributed by atoms with Crippen LogP contribution in [-0.4, -0.2) is 37.1 Å². The van der Waals surface area contributed by atoms with Crippen LogP contribution < -0.4 is 10.4 Å². The Morgan fingerprint density at radius 1 is 0.556 bits per heavy atom. The summed E-state index contributed by atoms with van der Waals surface area (Å²) in [6, 6.07) is 50.3. The molecular weight excluding hydrogens is 640 g/mol. The van der Waals surface area contributed by atoms with Gasteiger partial charge < -0.3 is 19.0 Å². The molecule has 0 aliphatic heterocycles. The fourth-order valence-electron chi connectivity index (χ4n) is 5.52. The van der Waals surface area contributed by atoms with Gasteiger partial charge in [0.15, 0.2) is 13.5 Å². The van der Waals surface area contributed by atoms with E-state index in [0.717, 1.165) is 27.1 Å². The predicted molar refractivity (Wildman–Crippen MR) is 188 cm³/mol. The molecule has 0 amide bonds. The highest BCUT2D eigenvalue weighted by atomic mass is 79.9. The SMILES string of the molecule is C[Si](C(=O)[C@@H](OCc1ccccc1)[C@@H](OCc1ccccc1)[C@@H](CBr)OCc1ccccc1)(c1ccccc1)c1ccccc1. The molecule has 5 aromatic rings. The molecule has 0 unspecified atom stereocenters. The third-order valence-corrected chi connectivity index (χ3v) is 13.0. The average molecular weight is 680 g/mol. The summed E-state index contributed by atoms with van der Waals surface area (Å²) in [6.45, 7) is 3.09. The van der Waals surface area contributed by atoms with Crippen molar-refractivity contribution in [1.29, 1.82) is 0 Å². The number of benzene rings is 5. The summed E-state index contributed by atoms with van der Waals surface area (Å²) in [4.78, 5) is 15.3. The lowest BCUT2D eigenvalue weighted by Crippen LogP contribution is -2.67. The van der Waals surface area contributed by atoms with Crippen LogP contribution >= 0.6 is 15.9 Å². The van der Waals surface area contributed by atoms with E-state index in [1.54, 1.807) is 0 Å².